The molecular formula is C13H15FO4. The van der Waals surface area contributed by atoms with E-state index in [1.165, 1.54) is 19.2 Å². The Morgan fingerprint density at radius 1 is 1.28 bits per heavy atom. The van der Waals surface area contributed by atoms with Crippen molar-refractivity contribution in [1.29, 1.82) is 0 Å². The van der Waals surface area contributed by atoms with Gasteiger partial charge in [-0.25, -0.2) is 9.18 Å². The number of ketones is 1. The Bertz CT molecular complexity index is 442. The largest absolute Gasteiger partial charge is 0.497 e. The lowest BCUT2D eigenvalue weighted by atomic mass is 10.1. The van der Waals surface area contributed by atoms with E-state index in [2.05, 4.69) is 4.74 Å². The first-order valence-electron chi connectivity index (χ1n) is 5.48. The van der Waals surface area contributed by atoms with Crippen LogP contribution >= 0.6 is 0 Å². The van der Waals surface area contributed by atoms with Gasteiger partial charge in [0.1, 0.15) is 5.75 Å². The minimum Gasteiger partial charge on any atom is -0.497 e. The predicted octanol–water partition coefficient (Wildman–Crippen LogP) is 2.17. The van der Waals surface area contributed by atoms with Gasteiger partial charge in [0, 0.05) is 5.56 Å². The molecule has 1 atom stereocenters. The van der Waals surface area contributed by atoms with Crippen LogP contribution in [0, 0.1) is 0 Å². The molecule has 0 spiro atoms. The van der Waals surface area contributed by atoms with Crippen LogP contribution in [0.25, 0.3) is 0 Å². The number of rotatable bonds is 5. The van der Waals surface area contributed by atoms with E-state index in [1.807, 2.05) is 0 Å². The first kappa shape index (κ1) is 14.2. The molecular weight excluding hydrogens is 239 g/mol. The summed E-state index contributed by atoms with van der Waals surface area (Å²) in [7, 11) is 1.43. The predicted molar refractivity (Wildman–Crippen MR) is 63.4 cm³/mol. The number of Topliss-reactive ketones (excluding diaryl/α,β-unsaturated/α-hetero) is 1. The van der Waals surface area contributed by atoms with Crippen molar-refractivity contribution in [3.8, 4) is 5.75 Å². The molecule has 0 saturated heterocycles. The van der Waals surface area contributed by atoms with Crippen molar-refractivity contribution in [2.45, 2.75) is 26.1 Å². The molecule has 4 nitrogen and oxygen atoms in total. The van der Waals surface area contributed by atoms with Gasteiger partial charge in [-0.2, -0.15) is 0 Å². The number of alkyl halides is 1. The van der Waals surface area contributed by atoms with Crippen LogP contribution in [0.2, 0.25) is 0 Å². The monoisotopic (exact) mass is 254 g/mol. The van der Waals surface area contributed by atoms with E-state index in [0.717, 1.165) is 0 Å². The Morgan fingerprint density at radius 3 is 2.50 bits per heavy atom. The van der Waals surface area contributed by atoms with Gasteiger partial charge in [0.05, 0.1) is 13.2 Å². The lowest BCUT2D eigenvalue weighted by Gasteiger charge is -2.11. The SMILES string of the molecule is COc1cccc(C(=O)C(F)C(=O)OC(C)C)c1. The number of hydrogen-bond acceptors (Lipinski definition) is 4. The molecule has 0 aliphatic carbocycles. The molecule has 1 aromatic rings. The van der Waals surface area contributed by atoms with Gasteiger partial charge in [-0.3, -0.25) is 4.79 Å². The highest BCUT2D eigenvalue weighted by molar-refractivity contribution is 6.11. The van der Waals surface area contributed by atoms with Crippen LogP contribution in [0.1, 0.15) is 24.2 Å². The topological polar surface area (TPSA) is 52.6 Å². The van der Waals surface area contributed by atoms with E-state index in [0.29, 0.717) is 5.75 Å². The summed E-state index contributed by atoms with van der Waals surface area (Å²) in [5.41, 5.74) is 0.0718. The molecule has 1 unspecified atom stereocenters. The quantitative estimate of drug-likeness (QED) is 0.459. The van der Waals surface area contributed by atoms with E-state index >= 15 is 0 Å². The Hall–Kier alpha value is -1.91. The fraction of sp³-hybridized carbons (Fsp3) is 0.385. The van der Waals surface area contributed by atoms with E-state index in [9.17, 15) is 14.0 Å². The third-order valence-corrected chi connectivity index (χ3v) is 2.14. The van der Waals surface area contributed by atoms with Gasteiger partial charge in [-0.15, -0.1) is 0 Å². The number of methoxy groups -OCH3 is 1. The minimum atomic E-state index is -2.31. The molecule has 98 valence electrons. The summed E-state index contributed by atoms with van der Waals surface area (Å²) < 4.78 is 23.2. The summed E-state index contributed by atoms with van der Waals surface area (Å²) in [5, 5.41) is 0. The molecule has 0 aliphatic heterocycles. The van der Waals surface area contributed by atoms with Crippen molar-refractivity contribution < 1.29 is 23.5 Å². The zero-order chi connectivity index (χ0) is 13.7. The molecule has 0 bridgehead atoms. The summed E-state index contributed by atoms with van der Waals surface area (Å²) in [6.07, 6.45) is -2.77. The van der Waals surface area contributed by atoms with Gasteiger partial charge in [0.2, 0.25) is 5.78 Å². The summed E-state index contributed by atoms with van der Waals surface area (Å²) >= 11 is 0. The average molecular weight is 254 g/mol. The number of benzene rings is 1. The smallest absolute Gasteiger partial charge is 0.349 e. The molecule has 18 heavy (non-hydrogen) atoms. The Kier molecular flexibility index (Phi) is 4.83. The fourth-order valence-electron chi connectivity index (χ4n) is 1.32. The number of esters is 1. The van der Waals surface area contributed by atoms with Crippen LogP contribution in [0.5, 0.6) is 5.75 Å². The second-order valence-electron chi connectivity index (χ2n) is 3.94. The van der Waals surface area contributed by atoms with Crippen LogP contribution < -0.4 is 4.74 Å². The lowest BCUT2D eigenvalue weighted by molar-refractivity contribution is -0.151. The van der Waals surface area contributed by atoms with E-state index in [1.54, 1.807) is 26.0 Å². The Balaban J connectivity index is 2.82. The van der Waals surface area contributed by atoms with Crippen molar-refractivity contribution in [2.24, 2.45) is 0 Å². The van der Waals surface area contributed by atoms with Crippen molar-refractivity contribution in [3.05, 3.63) is 29.8 Å². The molecule has 1 aromatic carbocycles. The molecule has 0 radical (unpaired) electrons. The molecule has 1 rings (SSSR count). The zero-order valence-electron chi connectivity index (χ0n) is 10.5. The van der Waals surface area contributed by atoms with Crippen molar-refractivity contribution in [2.75, 3.05) is 7.11 Å². The summed E-state index contributed by atoms with van der Waals surface area (Å²) in [4.78, 5) is 23.0. The zero-order valence-corrected chi connectivity index (χ0v) is 10.5. The molecule has 0 fully saturated rings. The average Bonchev–Trinajstić information content (AvgIpc) is 2.36. The van der Waals surface area contributed by atoms with Crippen molar-refractivity contribution in [1.82, 2.24) is 0 Å². The van der Waals surface area contributed by atoms with Crippen LogP contribution in [0.3, 0.4) is 0 Å². The van der Waals surface area contributed by atoms with Gasteiger partial charge in [0.25, 0.3) is 6.17 Å². The van der Waals surface area contributed by atoms with E-state index < -0.39 is 24.0 Å². The van der Waals surface area contributed by atoms with Gasteiger partial charge in [-0.05, 0) is 26.0 Å². The Morgan fingerprint density at radius 2 is 1.94 bits per heavy atom. The van der Waals surface area contributed by atoms with Crippen molar-refractivity contribution >= 4 is 11.8 Å². The first-order chi connectivity index (χ1) is 8.45. The highest BCUT2D eigenvalue weighted by Gasteiger charge is 2.29. The lowest BCUT2D eigenvalue weighted by Crippen LogP contribution is -2.29. The number of carbonyl (C=O) groups excluding carboxylic acids is 2. The maximum atomic E-state index is 13.6. The molecule has 5 heteroatoms. The van der Waals surface area contributed by atoms with Gasteiger partial charge >= 0.3 is 5.97 Å². The molecule has 0 amide bonds. The third kappa shape index (κ3) is 3.55. The van der Waals surface area contributed by atoms with Gasteiger partial charge in [0.15, 0.2) is 0 Å². The first-order valence-corrected chi connectivity index (χ1v) is 5.48. The van der Waals surface area contributed by atoms with Gasteiger partial charge < -0.3 is 9.47 Å². The molecule has 0 aromatic heterocycles. The second kappa shape index (κ2) is 6.14. The molecule has 0 aliphatic rings. The van der Waals surface area contributed by atoms with Crippen LogP contribution in [0.15, 0.2) is 24.3 Å². The van der Waals surface area contributed by atoms with Gasteiger partial charge in [-0.1, -0.05) is 12.1 Å². The minimum absolute atomic E-state index is 0.0718. The highest BCUT2D eigenvalue weighted by atomic mass is 19.1. The molecule has 0 heterocycles. The molecule has 0 saturated carbocycles. The fourth-order valence-corrected chi connectivity index (χ4v) is 1.32. The normalized spacial score (nSPS) is 12.1. The van der Waals surface area contributed by atoms with Crippen LogP contribution in [-0.2, 0) is 9.53 Å². The highest BCUT2D eigenvalue weighted by Crippen LogP contribution is 2.15. The third-order valence-electron chi connectivity index (χ3n) is 2.14. The van der Waals surface area contributed by atoms with Crippen molar-refractivity contribution in [3.63, 3.8) is 0 Å². The second-order valence-corrected chi connectivity index (χ2v) is 3.94. The maximum absolute atomic E-state index is 13.6. The van der Waals surface area contributed by atoms with Crippen LogP contribution in [-0.4, -0.2) is 31.1 Å². The van der Waals surface area contributed by atoms with E-state index in [-0.39, 0.29) is 5.56 Å². The Labute approximate surface area is 105 Å². The number of carbonyl (C=O) groups is 2. The summed E-state index contributed by atoms with van der Waals surface area (Å²) in [6, 6.07) is 5.96. The summed E-state index contributed by atoms with van der Waals surface area (Å²) in [5.74, 6) is -1.68. The van der Waals surface area contributed by atoms with E-state index in [4.69, 9.17) is 4.74 Å². The molecule has 0 N–H and O–H groups in total. The number of hydrogen-bond donors (Lipinski definition) is 0. The van der Waals surface area contributed by atoms with Crippen LogP contribution in [0.4, 0.5) is 4.39 Å². The summed E-state index contributed by atoms with van der Waals surface area (Å²) in [6.45, 7) is 3.17. The number of ether oxygens (including phenoxy) is 2. The standard InChI is InChI=1S/C13H15FO4/c1-8(2)18-13(16)11(14)12(15)9-5-4-6-10(7-9)17-3/h4-8,11H,1-3H3. The number of halogens is 1. The maximum Gasteiger partial charge on any atom is 0.349 e.